The molecule has 0 bridgehead atoms. The fourth-order valence-corrected chi connectivity index (χ4v) is 6.27. The zero-order valence-electron chi connectivity index (χ0n) is 14.7. The Morgan fingerprint density at radius 2 is 1.03 bits per heavy atom. The number of halogens is 4. The van der Waals surface area contributed by atoms with Crippen LogP contribution in [0.5, 0.6) is 0 Å². The third kappa shape index (κ3) is 4.11. The molecule has 0 atom stereocenters. The predicted octanol–water partition coefficient (Wildman–Crippen LogP) is 4.40. The molecule has 7 heteroatoms. The van der Waals surface area contributed by atoms with Crippen LogP contribution in [0.3, 0.4) is 0 Å². The number of pyridine rings is 2. The SMILES string of the molecule is Fc1cc(F)c(-c2ccccn2)[c]([Ir+][c]2cc(F)cc(F)c2-c2ccccn2)c1. The number of benzene rings is 2. The van der Waals surface area contributed by atoms with E-state index in [9.17, 15) is 17.6 Å². The molecule has 0 unspecified atom stereocenters. The molecule has 0 spiro atoms. The van der Waals surface area contributed by atoms with E-state index in [-0.39, 0.29) is 11.1 Å². The van der Waals surface area contributed by atoms with Crippen molar-refractivity contribution in [3.63, 3.8) is 0 Å². The summed E-state index contributed by atoms with van der Waals surface area (Å²) < 4.78 is 58.0. The van der Waals surface area contributed by atoms with E-state index >= 15 is 0 Å². The molecule has 0 aliphatic heterocycles. The van der Waals surface area contributed by atoms with Crippen LogP contribution in [-0.4, -0.2) is 9.97 Å². The molecule has 2 aromatic carbocycles. The standard InChI is InChI=1S/2C11H6F2N.Ir/c2*12-8-4-5-9(10(13)7-8)11-3-1-2-6-14-11;/h2*1-4,6-7H;/q;;+1. The molecule has 0 aliphatic rings. The Balaban J connectivity index is 1.90. The van der Waals surface area contributed by atoms with Crippen molar-refractivity contribution < 1.29 is 35.3 Å². The summed E-state index contributed by atoms with van der Waals surface area (Å²) in [6.07, 6.45) is 3.01. The van der Waals surface area contributed by atoms with Gasteiger partial charge in [-0.1, -0.05) is 0 Å². The van der Waals surface area contributed by atoms with Crippen molar-refractivity contribution in [2.45, 2.75) is 0 Å². The summed E-state index contributed by atoms with van der Waals surface area (Å²) >= 11 is -1.55. The van der Waals surface area contributed by atoms with Gasteiger partial charge in [-0.2, -0.15) is 0 Å². The first-order valence-electron chi connectivity index (χ1n) is 8.44. The molecule has 2 aromatic heterocycles. The fraction of sp³-hybridized carbons (Fsp3) is 0. The normalized spacial score (nSPS) is 11.0. The average Bonchev–Trinajstić information content (AvgIpc) is 2.68. The molecule has 0 N–H and O–H groups in total. The topological polar surface area (TPSA) is 25.8 Å². The molecule has 4 rings (SSSR count). The summed E-state index contributed by atoms with van der Waals surface area (Å²) in [5.74, 6) is -3.04. The third-order valence-corrected chi connectivity index (χ3v) is 7.18. The summed E-state index contributed by atoms with van der Waals surface area (Å²) in [7, 11) is 0. The van der Waals surface area contributed by atoms with Gasteiger partial charge in [0.05, 0.1) is 0 Å². The quantitative estimate of drug-likeness (QED) is 0.339. The first-order valence-corrected chi connectivity index (χ1v) is 10.8. The molecule has 0 saturated carbocycles. The number of hydrogen-bond acceptors (Lipinski definition) is 2. The summed E-state index contributed by atoms with van der Waals surface area (Å²) in [5.41, 5.74) is 0.951. The Kier molecular flexibility index (Phi) is 5.51. The van der Waals surface area contributed by atoms with Crippen molar-refractivity contribution >= 4 is 8.15 Å². The molecular formula is C22H12F4IrN2+. The Labute approximate surface area is 172 Å². The molecule has 0 amide bonds. The van der Waals surface area contributed by atoms with Crippen molar-refractivity contribution in [2.24, 2.45) is 0 Å². The van der Waals surface area contributed by atoms with E-state index in [0.717, 1.165) is 12.1 Å². The van der Waals surface area contributed by atoms with E-state index in [1.54, 1.807) is 36.4 Å². The van der Waals surface area contributed by atoms with E-state index in [0.29, 0.717) is 19.5 Å². The van der Waals surface area contributed by atoms with Crippen LogP contribution in [0.15, 0.2) is 73.1 Å². The molecule has 0 aliphatic carbocycles. The van der Waals surface area contributed by atoms with Gasteiger partial charge >= 0.3 is 172 Å². The van der Waals surface area contributed by atoms with E-state index in [4.69, 9.17) is 0 Å². The van der Waals surface area contributed by atoms with Crippen LogP contribution in [0.4, 0.5) is 17.6 Å². The minimum absolute atomic E-state index is 0.142. The molecule has 0 fully saturated rings. The summed E-state index contributed by atoms with van der Waals surface area (Å²) in [4.78, 5) is 8.31. The van der Waals surface area contributed by atoms with Crippen LogP contribution < -0.4 is 8.15 Å². The van der Waals surface area contributed by atoms with Crippen LogP contribution >= 0.6 is 0 Å². The molecule has 0 saturated heterocycles. The molecule has 146 valence electrons. The molecule has 0 radical (unpaired) electrons. The average molecular weight is 573 g/mol. The molecule has 2 heterocycles. The van der Waals surface area contributed by atoms with Crippen molar-refractivity contribution in [3.05, 3.63) is 96.3 Å². The monoisotopic (exact) mass is 573 g/mol. The summed E-state index contributed by atoms with van der Waals surface area (Å²) in [6, 6.07) is 13.9. The van der Waals surface area contributed by atoms with Crippen molar-refractivity contribution in [3.8, 4) is 22.5 Å². The second kappa shape index (κ2) is 8.23. The van der Waals surface area contributed by atoms with Gasteiger partial charge in [0, 0.05) is 0 Å². The third-order valence-electron chi connectivity index (χ3n) is 4.00. The van der Waals surface area contributed by atoms with Crippen LogP contribution in [0.25, 0.3) is 22.5 Å². The van der Waals surface area contributed by atoms with Gasteiger partial charge in [0.25, 0.3) is 0 Å². The molecule has 29 heavy (non-hydrogen) atoms. The number of aromatic nitrogens is 2. The van der Waals surface area contributed by atoms with Gasteiger partial charge in [-0.3, -0.25) is 0 Å². The zero-order valence-corrected chi connectivity index (χ0v) is 17.1. The van der Waals surface area contributed by atoms with Gasteiger partial charge in [-0.25, -0.2) is 0 Å². The minimum atomic E-state index is -1.55. The van der Waals surface area contributed by atoms with Gasteiger partial charge < -0.3 is 0 Å². The van der Waals surface area contributed by atoms with Gasteiger partial charge in [0.2, 0.25) is 0 Å². The molecule has 2 nitrogen and oxygen atoms in total. The maximum absolute atomic E-state index is 14.7. The zero-order chi connectivity index (χ0) is 20.4. The second-order valence-corrected chi connectivity index (χ2v) is 9.13. The van der Waals surface area contributed by atoms with E-state index < -0.39 is 41.0 Å². The fourth-order valence-electron chi connectivity index (χ4n) is 2.79. The first-order chi connectivity index (χ1) is 14.0. The van der Waals surface area contributed by atoms with Crippen LogP contribution in [0, 0.1) is 23.3 Å². The number of nitrogens with zero attached hydrogens (tertiary/aromatic N) is 2. The Hall–Kier alpha value is -2.89. The van der Waals surface area contributed by atoms with Crippen molar-refractivity contribution in [1.82, 2.24) is 9.97 Å². The number of rotatable bonds is 4. The summed E-state index contributed by atoms with van der Waals surface area (Å²) in [5, 5.41) is 0. The van der Waals surface area contributed by atoms with Crippen LogP contribution in [0.2, 0.25) is 0 Å². The van der Waals surface area contributed by atoms with Crippen molar-refractivity contribution in [2.75, 3.05) is 0 Å². The maximum atomic E-state index is 14.7. The van der Waals surface area contributed by atoms with Gasteiger partial charge in [0.15, 0.2) is 0 Å². The van der Waals surface area contributed by atoms with Crippen molar-refractivity contribution in [1.29, 1.82) is 0 Å². The predicted molar refractivity (Wildman–Crippen MR) is 98.4 cm³/mol. The van der Waals surface area contributed by atoms with E-state index in [1.807, 2.05) is 0 Å². The Morgan fingerprint density at radius 1 is 0.586 bits per heavy atom. The second-order valence-electron chi connectivity index (χ2n) is 5.95. The number of hydrogen-bond donors (Lipinski definition) is 0. The van der Waals surface area contributed by atoms with E-state index in [2.05, 4.69) is 9.97 Å². The van der Waals surface area contributed by atoms with Gasteiger partial charge in [-0.15, -0.1) is 0 Å². The Morgan fingerprint density at radius 3 is 1.41 bits per heavy atom. The molecular weight excluding hydrogens is 560 g/mol. The van der Waals surface area contributed by atoms with Crippen LogP contribution in [-0.2, 0) is 17.7 Å². The van der Waals surface area contributed by atoms with Gasteiger partial charge in [0.1, 0.15) is 0 Å². The molecule has 4 aromatic rings. The first kappa shape index (κ1) is 19.4. The van der Waals surface area contributed by atoms with Crippen LogP contribution in [0.1, 0.15) is 0 Å². The van der Waals surface area contributed by atoms with E-state index in [1.165, 1.54) is 24.5 Å². The van der Waals surface area contributed by atoms with Gasteiger partial charge in [-0.05, 0) is 0 Å². The Bertz CT molecular complexity index is 1080. The summed E-state index contributed by atoms with van der Waals surface area (Å²) in [6.45, 7) is 0.